The van der Waals surface area contributed by atoms with E-state index in [0.717, 1.165) is 12.8 Å². The van der Waals surface area contributed by atoms with E-state index in [0.29, 0.717) is 28.6 Å². The van der Waals surface area contributed by atoms with Gasteiger partial charge in [0.05, 0.1) is 24.3 Å². The minimum absolute atomic E-state index is 0.126. The second kappa shape index (κ2) is 12.4. The third-order valence-electron chi connectivity index (χ3n) is 6.17. The van der Waals surface area contributed by atoms with E-state index in [1.807, 2.05) is 30.3 Å². The Bertz CT molecular complexity index is 1300. The van der Waals surface area contributed by atoms with Crippen molar-refractivity contribution >= 4 is 46.5 Å². The normalized spacial score (nSPS) is 15.1. The Labute approximate surface area is 226 Å². The van der Waals surface area contributed by atoms with Crippen molar-refractivity contribution < 1.29 is 23.5 Å². The Morgan fingerprint density at radius 1 is 1.00 bits per heavy atom. The fraction of sp³-hybridized carbons (Fsp3) is 0.241. The summed E-state index contributed by atoms with van der Waals surface area (Å²) < 4.78 is 18.3. The van der Waals surface area contributed by atoms with Gasteiger partial charge in [-0.3, -0.25) is 14.5 Å². The van der Waals surface area contributed by atoms with Gasteiger partial charge in [0, 0.05) is 12.2 Å². The van der Waals surface area contributed by atoms with Crippen molar-refractivity contribution in [2.75, 3.05) is 23.4 Å². The number of amides is 2. The minimum Gasteiger partial charge on any atom is -0.462 e. The molecule has 3 aromatic carbocycles. The van der Waals surface area contributed by atoms with Crippen molar-refractivity contribution in [1.29, 1.82) is 0 Å². The van der Waals surface area contributed by atoms with Gasteiger partial charge in [0.1, 0.15) is 11.9 Å². The van der Waals surface area contributed by atoms with Gasteiger partial charge in [-0.2, -0.15) is 0 Å². The molecule has 196 valence electrons. The highest BCUT2D eigenvalue weighted by Crippen LogP contribution is 2.28. The van der Waals surface area contributed by atoms with E-state index in [4.69, 9.17) is 17.0 Å². The number of ether oxygens (including phenoxy) is 1. The number of carbonyl (C=O) groups excluding carboxylic acids is 3. The number of hydrogen-bond acceptors (Lipinski definition) is 5. The van der Waals surface area contributed by atoms with Crippen LogP contribution in [0.5, 0.6) is 0 Å². The zero-order valence-corrected chi connectivity index (χ0v) is 21.7. The highest BCUT2D eigenvalue weighted by atomic mass is 32.1. The Morgan fingerprint density at radius 2 is 1.68 bits per heavy atom. The van der Waals surface area contributed by atoms with Crippen molar-refractivity contribution in [2.24, 2.45) is 0 Å². The van der Waals surface area contributed by atoms with Crippen LogP contribution in [0.2, 0.25) is 0 Å². The van der Waals surface area contributed by atoms with Crippen molar-refractivity contribution in [3.63, 3.8) is 0 Å². The number of benzene rings is 3. The van der Waals surface area contributed by atoms with Crippen molar-refractivity contribution in [3.8, 4) is 0 Å². The lowest BCUT2D eigenvalue weighted by Crippen LogP contribution is -2.38. The molecule has 0 saturated carbocycles. The minimum atomic E-state index is -0.802. The van der Waals surface area contributed by atoms with Gasteiger partial charge in [0.15, 0.2) is 5.11 Å². The number of thiocarbonyl (C=S) groups is 1. The number of esters is 1. The molecule has 4 rings (SSSR count). The Morgan fingerprint density at radius 3 is 2.34 bits per heavy atom. The quantitative estimate of drug-likeness (QED) is 0.293. The number of anilines is 2. The van der Waals surface area contributed by atoms with E-state index in [-0.39, 0.29) is 24.8 Å². The summed E-state index contributed by atoms with van der Waals surface area (Å²) in [6.07, 6.45) is 1.39. The summed E-state index contributed by atoms with van der Waals surface area (Å²) in [7, 11) is 0. The van der Waals surface area contributed by atoms with Crippen LogP contribution in [0.4, 0.5) is 15.8 Å². The number of rotatable bonds is 10. The molecule has 38 heavy (non-hydrogen) atoms. The highest BCUT2D eigenvalue weighted by molar-refractivity contribution is 7.80. The summed E-state index contributed by atoms with van der Waals surface area (Å²) in [5, 5.41) is 3.02. The van der Waals surface area contributed by atoms with Gasteiger partial charge in [-0.15, -0.1) is 0 Å². The lowest BCUT2D eigenvalue weighted by atomic mass is 10.1. The Hall–Kier alpha value is -4.11. The first kappa shape index (κ1) is 26.9. The molecule has 3 aromatic rings. The summed E-state index contributed by atoms with van der Waals surface area (Å²) in [5.41, 5.74) is 2.47. The molecule has 7 nitrogen and oxygen atoms in total. The van der Waals surface area contributed by atoms with E-state index in [1.54, 1.807) is 36.1 Å². The van der Waals surface area contributed by atoms with E-state index in [1.165, 1.54) is 34.7 Å². The zero-order chi connectivity index (χ0) is 27.1. The summed E-state index contributed by atoms with van der Waals surface area (Å²) in [4.78, 5) is 41.7. The van der Waals surface area contributed by atoms with Gasteiger partial charge in [-0.1, -0.05) is 30.3 Å². The number of nitrogens with zero attached hydrogens (tertiary/aromatic N) is 2. The molecule has 9 heteroatoms. The first-order chi connectivity index (χ1) is 18.4. The van der Waals surface area contributed by atoms with E-state index < -0.39 is 17.8 Å². The second-order valence-corrected chi connectivity index (χ2v) is 9.15. The summed E-state index contributed by atoms with van der Waals surface area (Å²) in [6.45, 7) is 2.46. The smallest absolute Gasteiger partial charge is 0.338 e. The summed E-state index contributed by atoms with van der Waals surface area (Å²) in [5.74, 6) is -1.57. The van der Waals surface area contributed by atoms with E-state index in [9.17, 15) is 18.8 Å². The van der Waals surface area contributed by atoms with Crippen LogP contribution in [0, 0.1) is 5.82 Å². The first-order valence-electron chi connectivity index (χ1n) is 12.4. The van der Waals surface area contributed by atoms with Gasteiger partial charge in [-0.25, -0.2) is 9.18 Å². The van der Waals surface area contributed by atoms with Crippen LogP contribution in [0.1, 0.15) is 35.7 Å². The van der Waals surface area contributed by atoms with Crippen LogP contribution in [0.3, 0.4) is 0 Å². The van der Waals surface area contributed by atoms with Crippen molar-refractivity contribution in [2.45, 2.75) is 32.2 Å². The van der Waals surface area contributed by atoms with Gasteiger partial charge >= 0.3 is 5.97 Å². The molecule has 1 heterocycles. The third kappa shape index (κ3) is 6.41. The van der Waals surface area contributed by atoms with Crippen LogP contribution in [-0.4, -0.2) is 47.0 Å². The van der Waals surface area contributed by atoms with E-state index >= 15 is 0 Å². The van der Waals surface area contributed by atoms with Gasteiger partial charge < -0.3 is 15.0 Å². The predicted octanol–water partition coefficient (Wildman–Crippen LogP) is 4.97. The molecule has 1 aliphatic rings. The van der Waals surface area contributed by atoms with Crippen LogP contribution >= 0.6 is 12.2 Å². The number of carbonyl (C=O) groups is 3. The molecule has 0 aliphatic carbocycles. The summed E-state index contributed by atoms with van der Waals surface area (Å²) in [6, 6.07) is 21.1. The molecule has 1 N–H and O–H groups in total. The Kier molecular flexibility index (Phi) is 8.81. The molecule has 1 aliphatic heterocycles. The molecule has 0 aromatic heterocycles. The molecular weight excluding hydrogens is 505 g/mol. The van der Waals surface area contributed by atoms with Gasteiger partial charge in [-0.05, 0) is 86.1 Å². The standard InChI is InChI=1S/C29H28FN3O4S/c1-2-37-28(36)21-10-16-24(17-11-21)33-27(35)25(19-26(34)31-23-14-12-22(30)13-15-23)32(29(33)38)18-6-9-20-7-4-3-5-8-20/h3-5,7-8,10-17,25H,2,6,9,18-19H2,1H3,(H,31,34). The summed E-state index contributed by atoms with van der Waals surface area (Å²) >= 11 is 5.72. The molecule has 0 radical (unpaired) electrons. The Balaban J connectivity index is 1.52. The molecule has 0 bridgehead atoms. The second-order valence-electron chi connectivity index (χ2n) is 8.78. The molecule has 0 spiro atoms. The van der Waals surface area contributed by atoms with Crippen molar-refractivity contribution in [1.82, 2.24) is 4.90 Å². The third-order valence-corrected chi connectivity index (χ3v) is 6.59. The first-order valence-corrected chi connectivity index (χ1v) is 12.8. The lowest BCUT2D eigenvalue weighted by Gasteiger charge is -2.24. The maximum atomic E-state index is 13.6. The topological polar surface area (TPSA) is 78.9 Å². The largest absolute Gasteiger partial charge is 0.462 e. The van der Waals surface area contributed by atoms with Crippen molar-refractivity contribution in [3.05, 3.63) is 95.8 Å². The number of aryl methyl sites for hydroxylation is 1. The average Bonchev–Trinajstić information content (AvgIpc) is 3.14. The fourth-order valence-electron chi connectivity index (χ4n) is 4.31. The number of nitrogens with one attached hydrogen (secondary N) is 1. The van der Waals surface area contributed by atoms with Gasteiger partial charge in [0.25, 0.3) is 5.91 Å². The lowest BCUT2D eigenvalue weighted by molar-refractivity contribution is -0.124. The van der Waals surface area contributed by atoms with Crippen LogP contribution in [0.15, 0.2) is 78.9 Å². The van der Waals surface area contributed by atoms with Gasteiger partial charge in [0.2, 0.25) is 5.91 Å². The number of hydrogen-bond donors (Lipinski definition) is 1. The molecule has 1 fully saturated rings. The fourth-order valence-corrected chi connectivity index (χ4v) is 4.72. The average molecular weight is 534 g/mol. The van der Waals surface area contributed by atoms with E-state index in [2.05, 4.69) is 5.32 Å². The SMILES string of the molecule is CCOC(=O)c1ccc(N2C(=O)C(CC(=O)Nc3ccc(F)cc3)N(CCCc3ccccc3)C2=S)cc1. The molecule has 2 amide bonds. The maximum Gasteiger partial charge on any atom is 0.338 e. The van der Waals surface area contributed by atoms with Crippen LogP contribution in [0.25, 0.3) is 0 Å². The van der Waals surface area contributed by atoms with Crippen LogP contribution < -0.4 is 10.2 Å². The predicted molar refractivity (Wildman–Crippen MR) is 147 cm³/mol. The zero-order valence-electron chi connectivity index (χ0n) is 20.9. The molecule has 1 saturated heterocycles. The van der Waals surface area contributed by atoms with Crippen LogP contribution in [-0.2, 0) is 20.7 Å². The number of halogens is 1. The maximum absolute atomic E-state index is 13.6. The monoisotopic (exact) mass is 533 g/mol. The highest BCUT2D eigenvalue weighted by Gasteiger charge is 2.43. The molecule has 1 atom stereocenters. The molecule has 1 unspecified atom stereocenters. The molecular formula is C29H28FN3O4S.